The number of nitrogens with zero attached hydrogens (tertiary/aromatic N) is 1. The number of pyridine rings is 1. The fourth-order valence-electron chi connectivity index (χ4n) is 1.56. The van der Waals surface area contributed by atoms with Gasteiger partial charge in [0.25, 0.3) is 0 Å². The highest BCUT2D eigenvalue weighted by Gasteiger charge is 2.01. The molecule has 0 aliphatic heterocycles. The molecule has 0 bridgehead atoms. The van der Waals surface area contributed by atoms with Crippen LogP contribution < -0.4 is 4.74 Å². The molecular weight excluding hydrogens is 278 g/mol. The first-order valence-corrected chi connectivity index (χ1v) is 6.25. The molecule has 2 aromatic rings. The van der Waals surface area contributed by atoms with Gasteiger partial charge in [-0.15, -0.1) is 0 Å². The lowest BCUT2D eigenvalue weighted by molar-refractivity contribution is -0.131. The summed E-state index contributed by atoms with van der Waals surface area (Å²) in [6, 6.07) is 8.94. The Balaban J connectivity index is 2.05. The first kappa shape index (κ1) is 14.1. The zero-order chi connectivity index (χ0) is 14.4. The summed E-state index contributed by atoms with van der Waals surface area (Å²) in [5.41, 5.74) is 1.60. The van der Waals surface area contributed by atoms with E-state index in [1.54, 1.807) is 42.7 Å². The normalized spacial score (nSPS) is 10.7. The molecule has 0 saturated carbocycles. The number of carboxylic acid groups (broad SMARTS) is 1. The van der Waals surface area contributed by atoms with Gasteiger partial charge in [0.15, 0.2) is 0 Å². The molecule has 1 aromatic carbocycles. The van der Waals surface area contributed by atoms with Crippen molar-refractivity contribution in [3.63, 3.8) is 0 Å². The van der Waals surface area contributed by atoms with Crippen LogP contribution in [0.4, 0.5) is 0 Å². The molecule has 0 radical (unpaired) electrons. The van der Waals surface area contributed by atoms with Gasteiger partial charge in [0.05, 0.1) is 5.02 Å². The monoisotopic (exact) mass is 289 g/mol. The molecule has 0 aliphatic carbocycles. The smallest absolute Gasteiger partial charge is 0.328 e. The van der Waals surface area contributed by atoms with Gasteiger partial charge >= 0.3 is 5.97 Å². The number of hydrogen-bond acceptors (Lipinski definition) is 3. The SMILES string of the molecule is O=C(O)C=Cc1cccc(OCc2ccncc2Cl)c1. The van der Waals surface area contributed by atoms with E-state index in [4.69, 9.17) is 21.4 Å². The lowest BCUT2D eigenvalue weighted by Crippen LogP contribution is -1.96. The second kappa shape index (κ2) is 6.73. The Kier molecular flexibility index (Phi) is 4.74. The highest BCUT2D eigenvalue weighted by molar-refractivity contribution is 6.31. The summed E-state index contributed by atoms with van der Waals surface area (Å²) >= 11 is 5.99. The van der Waals surface area contributed by atoms with E-state index in [1.807, 2.05) is 0 Å². The second-order valence-corrected chi connectivity index (χ2v) is 4.41. The average Bonchev–Trinajstić information content (AvgIpc) is 2.45. The van der Waals surface area contributed by atoms with Gasteiger partial charge in [0.1, 0.15) is 12.4 Å². The van der Waals surface area contributed by atoms with E-state index in [9.17, 15) is 4.79 Å². The van der Waals surface area contributed by atoms with Gasteiger partial charge in [-0.1, -0.05) is 23.7 Å². The van der Waals surface area contributed by atoms with Gasteiger partial charge in [-0.3, -0.25) is 4.98 Å². The number of carbonyl (C=O) groups is 1. The first-order chi connectivity index (χ1) is 9.65. The topological polar surface area (TPSA) is 59.4 Å². The Morgan fingerprint density at radius 1 is 1.40 bits per heavy atom. The van der Waals surface area contributed by atoms with E-state index in [-0.39, 0.29) is 0 Å². The first-order valence-electron chi connectivity index (χ1n) is 5.87. The standard InChI is InChI=1S/C15H12ClNO3/c16-14-9-17-7-6-12(14)10-20-13-3-1-2-11(8-13)4-5-15(18)19/h1-9H,10H2,(H,18,19). The lowest BCUT2D eigenvalue weighted by atomic mass is 10.2. The maximum absolute atomic E-state index is 10.5. The predicted octanol–water partition coefficient (Wildman–Crippen LogP) is 3.41. The van der Waals surface area contributed by atoms with Crippen LogP contribution in [0.5, 0.6) is 5.75 Å². The molecule has 4 nitrogen and oxygen atoms in total. The largest absolute Gasteiger partial charge is 0.489 e. The van der Waals surface area contributed by atoms with E-state index < -0.39 is 5.97 Å². The molecule has 1 N–H and O–H groups in total. The molecule has 0 amide bonds. The third-order valence-corrected chi connectivity index (χ3v) is 2.87. The van der Waals surface area contributed by atoms with Gasteiger partial charge < -0.3 is 9.84 Å². The van der Waals surface area contributed by atoms with Crippen molar-refractivity contribution in [2.45, 2.75) is 6.61 Å². The van der Waals surface area contributed by atoms with Crippen molar-refractivity contribution in [2.24, 2.45) is 0 Å². The number of aliphatic carboxylic acids is 1. The fraction of sp³-hybridized carbons (Fsp3) is 0.0667. The minimum atomic E-state index is -0.986. The summed E-state index contributed by atoms with van der Waals surface area (Å²) in [7, 11) is 0. The zero-order valence-electron chi connectivity index (χ0n) is 10.5. The van der Waals surface area contributed by atoms with E-state index in [0.717, 1.165) is 17.2 Å². The maximum Gasteiger partial charge on any atom is 0.328 e. The highest BCUT2D eigenvalue weighted by Crippen LogP contribution is 2.19. The summed E-state index contributed by atoms with van der Waals surface area (Å²) in [6.07, 6.45) is 5.80. The maximum atomic E-state index is 10.5. The van der Waals surface area contributed by atoms with Crippen molar-refractivity contribution in [3.8, 4) is 5.75 Å². The predicted molar refractivity (Wildman–Crippen MR) is 76.7 cm³/mol. The molecule has 102 valence electrons. The number of rotatable bonds is 5. The van der Waals surface area contributed by atoms with Gasteiger partial charge in [-0.25, -0.2) is 4.79 Å². The van der Waals surface area contributed by atoms with E-state index in [0.29, 0.717) is 17.4 Å². The Labute approximate surface area is 121 Å². The Morgan fingerprint density at radius 3 is 3.00 bits per heavy atom. The molecule has 0 atom stereocenters. The summed E-state index contributed by atoms with van der Waals surface area (Å²) < 4.78 is 5.63. The summed E-state index contributed by atoms with van der Waals surface area (Å²) in [5.74, 6) is -0.342. The van der Waals surface area contributed by atoms with E-state index in [2.05, 4.69) is 4.98 Å². The molecule has 1 aromatic heterocycles. The molecule has 0 fully saturated rings. The van der Waals surface area contributed by atoms with Crippen molar-refractivity contribution in [2.75, 3.05) is 0 Å². The minimum Gasteiger partial charge on any atom is -0.489 e. The number of aromatic nitrogens is 1. The molecule has 0 spiro atoms. The Hall–Kier alpha value is -2.33. The molecule has 5 heteroatoms. The number of benzene rings is 1. The Morgan fingerprint density at radius 2 is 2.25 bits per heavy atom. The van der Waals surface area contributed by atoms with Gasteiger partial charge in [0.2, 0.25) is 0 Å². The van der Waals surface area contributed by atoms with E-state index >= 15 is 0 Å². The molecule has 20 heavy (non-hydrogen) atoms. The van der Waals surface area contributed by atoms with Crippen molar-refractivity contribution < 1.29 is 14.6 Å². The van der Waals surface area contributed by atoms with Crippen molar-refractivity contribution in [1.29, 1.82) is 0 Å². The second-order valence-electron chi connectivity index (χ2n) is 4.00. The van der Waals surface area contributed by atoms with Crippen LogP contribution in [-0.4, -0.2) is 16.1 Å². The number of ether oxygens (including phenoxy) is 1. The quantitative estimate of drug-likeness (QED) is 0.857. The number of hydrogen-bond donors (Lipinski definition) is 1. The summed E-state index contributed by atoms with van der Waals surface area (Å²) in [4.78, 5) is 14.4. The average molecular weight is 290 g/mol. The molecule has 0 saturated heterocycles. The van der Waals surface area contributed by atoms with Crippen LogP contribution in [0.1, 0.15) is 11.1 Å². The van der Waals surface area contributed by atoms with Crippen molar-refractivity contribution >= 4 is 23.6 Å². The van der Waals surface area contributed by atoms with Crippen LogP contribution in [0, 0.1) is 0 Å². The van der Waals surface area contributed by atoms with Gasteiger partial charge in [0, 0.05) is 24.0 Å². The van der Waals surface area contributed by atoms with Crippen LogP contribution in [0.15, 0.2) is 48.8 Å². The fourth-order valence-corrected chi connectivity index (χ4v) is 1.73. The van der Waals surface area contributed by atoms with Crippen LogP contribution in [-0.2, 0) is 11.4 Å². The minimum absolute atomic E-state index is 0.327. The highest BCUT2D eigenvalue weighted by atomic mass is 35.5. The third kappa shape index (κ3) is 4.10. The molecular formula is C15H12ClNO3. The molecule has 0 aliphatic rings. The summed E-state index contributed by atoms with van der Waals surface area (Å²) in [6.45, 7) is 0.327. The molecule has 2 rings (SSSR count). The van der Waals surface area contributed by atoms with Crippen LogP contribution in [0.25, 0.3) is 6.08 Å². The van der Waals surface area contributed by atoms with Crippen molar-refractivity contribution in [1.82, 2.24) is 4.98 Å². The van der Waals surface area contributed by atoms with Gasteiger partial charge in [-0.05, 0) is 29.8 Å². The number of halogens is 1. The zero-order valence-corrected chi connectivity index (χ0v) is 11.2. The third-order valence-electron chi connectivity index (χ3n) is 2.53. The molecule has 1 heterocycles. The summed E-state index contributed by atoms with van der Waals surface area (Å²) in [5, 5.41) is 9.14. The van der Waals surface area contributed by atoms with Gasteiger partial charge in [-0.2, -0.15) is 0 Å². The van der Waals surface area contributed by atoms with Crippen molar-refractivity contribution in [3.05, 3.63) is 65.0 Å². The lowest BCUT2D eigenvalue weighted by Gasteiger charge is -2.08. The van der Waals surface area contributed by atoms with E-state index in [1.165, 1.54) is 6.08 Å². The van der Waals surface area contributed by atoms with Crippen LogP contribution in [0.3, 0.4) is 0 Å². The molecule has 0 unspecified atom stereocenters. The van der Waals surface area contributed by atoms with Crippen LogP contribution >= 0.6 is 11.6 Å². The Bertz CT molecular complexity index is 641. The number of carboxylic acids is 1. The van der Waals surface area contributed by atoms with Crippen LogP contribution in [0.2, 0.25) is 5.02 Å².